The van der Waals surface area contributed by atoms with Gasteiger partial charge in [-0.05, 0) is 103 Å². The van der Waals surface area contributed by atoms with Crippen molar-refractivity contribution in [2.24, 2.45) is 0 Å². The summed E-state index contributed by atoms with van der Waals surface area (Å²) in [5, 5.41) is 12.4. The molecule has 0 aliphatic heterocycles. The van der Waals surface area contributed by atoms with Crippen LogP contribution < -0.4 is 0 Å². The Hall–Kier alpha value is -8.34. The van der Waals surface area contributed by atoms with Crippen LogP contribution in [0.5, 0.6) is 0 Å². The number of hydrogen-bond acceptors (Lipinski definition) is 2. The summed E-state index contributed by atoms with van der Waals surface area (Å²) < 4.78 is 4.36. The van der Waals surface area contributed by atoms with Crippen molar-refractivity contribution in [2.75, 3.05) is 0 Å². The molecule has 0 saturated carbocycles. The SMILES string of the molecule is c1ccc(-c2ccccc2-c2ccc(-n3c4ccccc4c4ccccc43)cc2)c(-c2ccc(-n3nc(-c4ccc5ccccc5c4)nc3-c3ccc4ccccc4c3)cc2)c1. The highest BCUT2D eigenvalue weighted by Crippen LogP contribution is 2.40. The molecule has 0 radical (unpaired) electrons. The number of benzene rings is 10. The summed E-state index contributed by atoms with van der Waals surface area (Å²) in [6.45, 7) is 0. The normalized spacial score (nSPS) is 11.5. The number of nitrogens with zero attached hydrogens (tertiary/aromatic N) is 4. The molecular formula is C58H38N4. The van der Waals surface area contributed by atoms with E-state index in [1.54, 1.807) is 0 Å². The average Bonchev–Trinajstić information content (AvgIpc) is 3.95. The quantitative estimate of drug-likeness (QED) is 0.161. The first kappa shape index (κ1) is 35.6. The van der Waals surface area contributed by atoms with Crippen LogP contribution in [0.4, 0.5) is 0 Å². The second kappa shape index (κ2) is 14.7. The van der Waals surface area contributed by atoms with Crippen LogP contribution in [0.1, 0.15) is 0 Å². The fourth-order valence-electron chi connectivity index (χ4n) is 9.17. The van der Waals surface area contributed by atoms with Crippen LogP contribution in [0.3, 0.4) is 0 Å². The molecule has 4 nitrogen and oxygen atoms in total. The molecule has 0 aliphatic rings. The lowest BCUT2D eigenvalue weighted by Crippen LogP contribution is -2.00. The molecule has 0 atom stereocenters. The van der Waals surface area contributed by atoms with Gasteiger partial charge in [-0.25, -0.2) is 9.67 Å². The number of para-hydroxylation sites is 2. The number of fused-ring (bicyclic) bond motifs is 5. The van der Waals surface area contributed by atoms with Gasteiger partial charge in [0.1, 0.15) is 0 Å². The summed E-state index contributed by atoms with van der Waals surface area (Å²) in [4.78, 5) is 5.21. The van der Waals surface area contributed by atoms with Crippen LogP contribution in [0.2, 0.25) is 0 Å². The van der Waals surface area contributed by atoms with Gasteiger partial charge in [-0.1, -0.05) is 182 Å². The predicted octanol–water partition coefficient (Wildman–Crippen LogP) is 15.0. The number of hydrogen-bond donors (Lipinski definition) is 0. The highest BCUT2D eigenvalue weighted by molar-refractivity contribution is 6.09. The van der Waals surface area contributed by atoms with Crippen molar-refractivity contribution < 1.29 is 0 Å². The Balaban J connectivity index is 0.917. The highest BCUT2D eigenvalue weighted by atomic mass is 15.4. The van der Waals surface area contributed by atoms with E-state index in [4.69, 9.17) is 10.1 Å². The van der Waals surface area contributed by atoms with Crippen LogP contribution in [0.15, 0.2) is 231 Å². The zero-order valence-electron chi connectivity index (χ0n) is 33.7. The molecule has 0 fully saturated rings. The average molecular weight is 791 g/mol. The minimum atomic E-state index is 0.688. The van der Waals surface area contributed by atoms with Crippen molar-refractivity contribution in [1.29, 1.82) is 0 Å². The minimum Gasteiger partial charge on any atom is -0.309 e. The van der Waals surface area contributed by atoms with E-state index in [-0.39, 0.29) is 0 Å². The van der Waals surface area contributed by atoms with E-state index in [0.29, 0.717) is 5.82 Å². The van der Waals surface area contributed by atoms with Crippen LogP contribution in [0.25, 0.3) is 111 Å². The van der Waals surface area contributed by atoms with Gasteiger partial charge in [0.05, 0.1) is 16.7 Å². The van der Waals surface area contributed by atoms with Crippen molar-refractivity contribution in [3.05, 3.63) is 231 Å². The second-order valence-electron chi connectivity index (χ2n) is 15.8. The van der Waals surface area contributed by atoms with E-state index in [0.717, 1.165) is 44.7 Å². The molecule has 62 heavy (non-hydrogen) atoms. The number of rotatable bonds is 7. The smallest absolute Gasteiger partial charge is 0.182 e. The maximum absolute atomic E-state index is 5.21. The Bertz CT molecular complexity index is 3580. The Morgan fingerprint density at radius 2 is 0.726 bits per heavy atom. The molecule has 0 unspecified atom stereocenters. The zero-order valence-corrected chi connectivity index (χ0v) is 33.7. The first-order valence-electron chi connectivity index (χ1n) is 21.1. The van der Waals surface area contributed by atoms with Gasteiger partial charge in [0.2, 0.25) is 0 Å². The third-order valence-corrected chi connectivity index (χ3v) is 12.2. The lowest BCUT2D eigenvalue weighted by atomic mass is 9.89. The predicted molar refractivity (Wildman–Crippen MR) is 258 cm³/mol. The first-order valence-corrected chi connectivity index (χ1v) is 21.1. The molecule has 10 aromatic carbocycles. The van der Waals surface area contributed by atoms with Gasteiger partial charge in [0, 0.05) is 27.6 Å². The molecule has 0 spiro atoms. The second-order valence-corrected chi connectivity index (χ2v) is 15.8. The summed E-state index contributed by atoms with van der Waals surface area (Å²) in [7, 11) is 0. The summed E-state index contributed by atoms with van der Waals surface area (Å²) in [5.41, 5.74) is 13.5. The molecule has 0 N–H and O–H groups in total. The van der Waals surface area contributed by atoms with E-state index in [1.165, 1.54) is 60.4 Å². The summed E-state index contributed by atoms with van der Waals surface area (Å²) >= 11 is 0. The van der Waals surface area contributed by atoms with Gasteiger partial charge >= 0.3 is 0 Å². The van der Waals surface area contributed by atoms with Crippen molar-refractivity contribution in [3.8, 4) is 67.5 Å². The van der Waals surface area contributed by atoms with Gasteiger partial charge in [0.15, 0.2) is 11.6 Å². The highest BCUT2D eigenvalue weighted by Gasteiger charge is 2.18. The van der Waals surface area contributed by atoms with Crippen LogP contribution >= 0.6 is 0 Å². The molecule has 12 aromatic rings. The van der Waals surface area contributed by atoms with E-state index < -0.39 is 0 Å². The molecule has 2 heterocycles. The van der Waals surface area contributed by atoms with Crippen molar-refractivity contribution in [3.63, 3.8) is 0 Å². The largest absolute Gasteiger partial charge is 0.309 e. The van der Waals surface area contributed by atoms with Crippen LogP contribution in [0, 0.1) is 0 Å². The number of aromatic nitrogens is 4. The van der Waals surface area contributed by atoms with Gasteiger partial charge in [-0.3, -0.25) is 0 Å². The molecule has 4 heteroatoms. The zero-order chi connectivity index (χ0) is 41.0. The molecule has 12 rings (SSSR count). The van der Waals surface area contributed by atoms with Crippen LogP contribution in [-0.4, -0.2) is 19.3 Å². The van der Waals surface area contributed by atoms with E-state index in [1.807, 2.05) is 4.68 Å². The van der Waals surface area contributed by atoms with Gasteiger partial charge in [-0.2, -0.15) is 0 Å². The fraction of sp³-hybridized carbons (Fsp3) is 0. The van der Waals surface area contributed by atoms with E-state index in [9.17, 15) is 0 Å². The lowest BCUT2D eigenvalue weighted by molar-refractivity contribution is 0.891. The molecular weight excluding hydrogens is 753 g/mol. The molecule has 0 saturated heterocycles. The fourth-order valence-corrected chi connectivity index (χ4v) is 9.17. The third kappa shape index (κ3) is 6.08. The van der Waals surface area contributed by atoms with Crippen molar-refractivity contribution in [1.82, 2.24) is 19.3 Å². The standard InChI is InChI=1S/C58H38N4/c1-3-15-43-37-45(27-25-39(43)13-1)57-59-58(46-28-26-40-14-2-4-16-44(40)38-46)62(60-57)48-35-31-42(32-36-48)50-18-6-8-20-52(50)51-19-7-5-17-49(51)41-29-33-47(34-30-41)61-55-23-11-9-21-53(55)54-22-10-12-24-56(54)61/h1-38H. The molecule has 0 aliphatic carbocycles. The maximum Gasteiger partial charge on any atom is 0.182 e. The molecule has 2 aromatic heterocycles. The Labute approximate surface area is 359 Å². The monoisotopic (exact) mass is 790 g/mol. The maximum atomic E-state index is 5.21. The van der Waals surface area contributed by atoms with Crippen molar-refractivity contribution in [2.45, 2.75) is 0 Å². The van der Waals surface area contributed by atoms with Gasteiger partial charge < -0.3 is 4.57 Å². The van der Waals surface area contributed by atoms with Crippen molar-refractivity contribution >= 4 is 43.4 Å². The van der Waals surface area contributed by atoms with E-state index >= 15 is 0 Å². The van der Waals surface area contributed by atoms with Gasteiger partial charge in [-0.15, -0.1) is 5.10 Å². The first-order chi connectivity index (χ1) is 30.7. The summed E-state index contributed by atoms with van der Waals surface area (Å²) in [6, 6.07) is 82.3. The Kier molecular flexibility index (Phi) is 8.46. The van der Waals surface area contributed by atoms with Gasteiger partial charge in [0.25, 0.3) is 0 Å². The molecule has 290 valence electrons. The third-order valence-electron chi connectivity index (χ3n) is 12.2. The Morgan fingerprint density at radius 3 is 1.29 bits per heavy atom. The topological polar surface area (TPSA) is 35.6 Å². The Morgan fingerprint density at radius 1 is 0.306 bits per heavy atom. The minimum absolute atomic E-state index is 0.688. The molecule has 0 bridgehead atoms. The van der Waals surface area contributed by atoms with E-state index in [2.05, 4.69) is 235 Å². The lowest BCUT2D eigenvalue weighted by Gasteiger charge is -2.16. The summed E-state index contributed by atoms with van der Waals surface area (Å²) in [5.74, 6) is 1.48. The summed E-state index contributed by atoms with van der Waals surface area (Å²) in [6.07, 6.45) is 0. The van der Waals surface area contributed by atoms with Crippen LogP contribution in [-0.2, 0) is 0 Å². The molecule has 0 amide bonds.